The second kappa shape index (κ2) is 2.26. The third-order valence-corrected chi connectivity index (χ3v) is 1.42. The Morgan fingerprint density at radius 2 is 2.00 bits per heavy atom. The molecule has 4 nitrogen and oxygen atoms in total. The van der Waals surface area contributed by atoms with Crippen molar-refractivity contribution in [3.63, 3.8) is 0 Å². The molecule has 0 N–H and O–H groups in total. The van der Waals surface area contributed by atoms with E-state index >= 15 is 0 Å². The highest BCUT2D eigenvalue weighted by Crippen LogP contribution is 2.29. The fraction of sp³-hybridized carbons (Fsp3) is 0.750. The number of carbonyl (C=O) groups excluding carboxylic acids is 1. The Hall–Kier alpha value is -0.710. The summed E-state index contributed by atoms with van der Waals surface area (Å²) in [5, 5.41) is 0. The van der Waals surface area contributed by atoms with Crippen LogP contribution in [-0.4, -0.2) is 14.3 Å². The van der Waals surface area contributed by atoms with Gasteiger partial charge in [0.15, 0.2) is 0 Å². The molecule has 0 atom stereocenters. The van der Waals surface area contributed by atoms with E-state index in [1.165, 1.54) is 0 Å². The molecule has 1 aliphatic carbocycles. The Bertz CT molecular complexity index is 241. The van der Waals surface area contributed by atoms with E-state index in [-0.39, 0.29) is 5.92 Å². The maximum Gasteiger partial charge on any atom is 0.319 e. The summed E-state index contributed by atoms with van der Waals surface area (Å²) in [5.74, 6) is -0.591. The largest absolute Gasteiger partial charge is 0.319 e. The molecule has 5 heteroatoms. The Kier molecular flexibility index (Phi) is 1.61. The standard InChI is InChI=1S/C4H5NO3S/c6-4(3-1-2-3)5-9(7)8/h3H,1-2H2. The summed E-state index contributed by atoms with van der Waals surface area (Å²) < 4.78 is 22.3. The van der Waals surface area contributed by atoms with E-state index in [4.69, 9.17) is 0 Å². The summed E-state index contributed by atoms with van der Waals surface area (Å²) >= 11 is 0. The van der Waals surface area contributed by atoms with Gasteiger partial charge in [0.05, 0.1) is 0 Å². The molecule has 1 saturated carbocycles. The van der Waals surface area contributed by atoms with Gasteiger partial charge in [-0.25, -0.2) is 0 Å². The highest BCUT2D eigenvalue weighted by molar-refractivity contribution is 7.62. The zero-order chi connectivity index (χ0) is 6.85. The van der Waals surface area contributed by atoms with Crippen LogP contribution in [0.4, 0.5) is 0 Å². The molecular weight excluding hydrogens is 142 g/mol. The summed E-state index contributed by atoms with van der Waals surface area (Å²) in [7, 11) is -2.55. The third-order valence-electron chi connectivity index (χ3n) is 1.09. The van der Waals surface area contributed by atoms with E-state index in [9.17, 15) is 13.2 Å². The SMILES string of the molecule is O=C(N=S(=O)=O)C1CC1. The van der Waals surface area contributed by atoms with E-state index in [2.05, 4.69) is 4.36 Å². The van der Waals surface area contributed by atoms with Gasteiger partial charge >= 0.3 is 10.5 Å². The van der Waals surface area contributed by atoms with Crippen LogP contribution < -0.4 is 0 Å². The molecule has 0 unspecified atom stereocenters. The molecule has 0 aromatic carbocycles. The molecule has 1 rings (SSSR count). The van der Waals surface area contributed by atoms with Gasteiger partial charge in [-0.3, -0.25) is 4.79 Å². The fourth-order valence-corrected chi connectivity index (χ4v) is 0.774. The topological polar surface area (TPSA) is 63.6 Å². The maximum absolute atomic E-state index is 10.5. The van der Waals surface area contributed by atoms with Gasteiger partial charge in [0.2, 0.25) is 0 Å². The van der Waals surface area contributed by atoms with E-state index in [0.29, 0.717) is 0 Å². The molecule has 0 bridgehead atoms. The summed E-state index contributed by atoms with van der Waals surface area (Å²) in [6.07, 6.45) is 1.58. The quantitative estimate of drug-likeness (QED) is 0.523. The van der Waals surface area contributed by atoms with Crippen molar-refractivity contribution < 1.29 is 13.2 Å². The first-order valence-corrected chi connectivity index (χ1v) is 3.58. The van der Waals surface area contributed by atoms with Crippen molar-refractivity contribution in [1.29, 1.82) is 0 Å². The molecule has 0 aliphatic heterocycles. The molecule has 9 heavy (non-hydrogen) atoms. The summed E-state index contributed by atoms with van der Waals surface area (Å²) in [6, 6.07) is 0. The number of rotatable bonds is 1. The van der Waals surface area contributed by atoms with Crippen LogP contribution in [-0.2, 0) is 15.3 Å². The van der Waals surface area contributed by atoms with Gasteiger partial charge in [0.25, 0.3) is 5.91 Å². The molecule has 1 aliphatic rings. The Morgan fingerprint density at radius 3 is 2.33 bits per heavy atom. The lowest BCUT2D eigenvalue weighted by Crippen LogP contribution is -1.92. The average molecular weight is 147 g/mol. The zero-order valence-corrected chi connectivity index (χ0v) is 5.39. The fourth-order valence-electron chi connectivity index (χ4n) is 0.478. The molecule has 0 heterocycles. The molecular formula is C4H5NO3S. The van der Waals surface area contributed by atoms with Gasteiger partial charge in [0, 0.05) is 5.92 Å². The molecule has 0 spiro atoms. The lowest BCUT2D eigenvalue weighted by molar-refractivity contribution is -0.118. The molecule has 1 amide bonds. The van der Waals surface area contributed by atoms with Crippen molar-refractivity contribution in [1.82, 2.24) is 0 Å². The van der Waals surface area contributed by atoms with Crippen molar-refractivity contribution in [2.24, 2.45) is 10.3 Å². The lowest BCUT2D eigenvalue weighted by atomic mass is 10.4. The molecule has 0 saturated heterocycles. The minimum Gasteiger partial charge on any atom is -0.271 e. The predicted molar refractivity (Wildman–Crippen MR) is 29.1 cm³/mol. The monoisotopic (exact) mass is 147 g/mol. The Balaban J connectivity index is 2.63. The van der Waals surface area contributed by atoms with Gasteiger partial charge in [-0.1, -0.05) is 4.36 Å². The molecule has 1 fully saturated rings. The molecule has 0 aromatic heterocycles. The van der Waals surface area contributed by atoms with Gasteiger partial charge in [0.1, 0.15) is 0 Å². The van der Waals surface area contributed by atoms with Crippen molar-refractivity contribution in [3.8, 4) is 0 Å². The number of hydrogen-bond acceptors (Lipinski definition) is 3. The van der Waals surface area contributed by atoms with Crippen LogP contribution in [0.25, 0.3) is 0 Å². The van der Waals surface area contributed by atoms with Crippen LogP contribution in [0.1, 0.15) is 12.8 Å². The molecule has 0 aromatic rings. The molecule has 50 valence electrons. The van der Waals surface area contributed by atoms with E-state index < -0.39 is 16.4 Å². The summed E-state index contributed by atoms with van der Waals surface area (Å²) in [6.45, 7) is 0. The normalized spacial score (nSPS) is 16.9. The highest BCUT2D eigenvalue weighted by Gasteiger charge is 2.29. The van der Waals surface area contributed by atoms with Crippen LogP contribution in [0.15, 0.2) is 4.36 Å². The number of amides is 1. The van der Waals surface area contributed by atoms with Crippen LogP contribution in [0, 0.1) is 5.92 Å². The minimum atomic E-state index is -2.55. The second-order valence-electron chi connectivity index (χ2n) is 1.92. The van der Waals surface area contributed by atoms with E-state index in [1.807, 2.05) is 0 Å². The lowest BCUT2D eigenvalue weighted by Gasteiger charge is -1.76. The van der Waals surface area contributed by atoms with Gasteiger partial charge in [-0.2, -0.15) is 8.42 Å². The first-order chi connectivity index (χ1) is 4.20. The van der Waals surface area contributed by atoms with Crippen LogP contribution in [0.5, 0.6) is 0 Å². The van der Waals surface area contributed by atoms with Gasteiger partial charge in [-0.15, -0.1) is 0 Å². The maximum atomic E-state index is 10.5. The molecule has 0 radical (unpaired) electrons. The van der Waals surface area contributed by atoms with Crippen LogP contribution >= 0.6 is 0 Å². The van der Waals surface area contributed by atoms with Crippen molar-refractivity contribution in [2.45, 2.75) is 12.8 Å². The Morgan fingerprint density at radius 1 is 1.44 bits per heavy atom. The number of carbonyl (C=O) groups is 1. The smallest absolute Gasteiger partial charge is 0.271 e. The number of hydrogen-bond donors (Lipinski definition) is 0. The van der Waals surface area contributed by atoms with E-state index in [0.717, 1.165) is 12.8 Å². The van der Waals surface area contributed by atoms with Gasteiger partial charge < -0.3 is 0 Å². The van der Waals surface area contributed by atoms with Crippen LogP contribution in [0.2, 0.25) is 0 Å². The summed E-state index contributed by atoms with van der Waals surface area (Å²) in [4.78, 5) is 10.5. The van der Waals surface area contributed by atoms with E-state index in [1.54, 1.807) is 0 Å². The van der Waals surface area contributed by atoms with Crippen molar-refractivity contribution in [2.75, 3.05) is 0 Å². The van der Waals surface area contributed by atoms with Gasteiger partial charge in [-0.05, 0) is 12.8 Å². The number of nitrogens with zero attached hydrogens (tertiary/aromatic N) is 1. The predicted octanol–water partition coefficient (Wildman–Crippen LogP) is -0.0143. The first-order valence-electron chi connectivity index (χ1n) is 2.55. The first kappa shape index (κ1) is 6.41. The third kappa shape index (κ3) is 1.93. The highest BCUT2D eigenvalue weighted by atomic mass is 32.2. The van der Waals surface area contributed by atoms with Crippen molar-refractivity contribution in [3.05, 3.63) is 0 Å². The minimum absolute atomic E-state index is 0.0945. The average Bonchev–Trinajstić information content (AvgIpc) is 2.40. The summed E-state index contributed by atoms with van der Waals surface area (Å²) in [5.41, 5.74) is 0. The van der Waals surface area contributed by atoms with Crippen molar-refractivity contribution >= 4 is 16.4 Å². The Labute approximate surface area is 53.6 Å². The second-order valence-corrected chi connectivity index (χ2v) is 2.54. The van der Waals surface area contributed by atoms with Crippen LogP contribution in [0.3, 0.4) is 0 Å². The zero-order valence-electron chi connectivity index (χ0n) is 4.57.